The summed E-state index contributed by atoms with van der Waals surface area (Å²) < 4.78 is 5.55. The van der Waals surface area contributed by atoms with E-state index in [1.54, 1.807) is 6.61 Å². The normalized spacial score (nSPS) is 23.7. The summed E-state index contributed by atoms with van der Waals surface area (Å²) in [6.45, 7) is 2.35. The minimum atomic E-state index is 0.204. The molecule has 1 atom stereocenters. The number of hydrogen-bond acceptors (Lipinski definition) is 3. The summed E-state index contributed by atoms with van der Waals surface area (Å²) >= 11 is 0. The van der Waals surface area contributed by atoms with E-state index in [4.69, 9.17) is 9.57 Å². The first-order valence-corrected chi connectivity index (χ1v) is 4.24. The van der Waals surface area contributed by atoms with Crippen LogP contribution < -0.4 is 4.74 Å². The van der Waals surface area contributed by atoms with Crippen LogP contribution in [0.1, 0.15) is 5.56 Å². The van der Waals surface area contributed by atoms with Crippen LogP contribution in [0.15, 0.2) is 29.4 Å². The zero-order valence-corrected chi connectivity index (χ0v) is 6.93. The van der Waals surface area contributed by atoms with Crippen molar-refractivity contribution in [2.75, 3.05) is 6.61 Å². The fraction of sp³-hybridized carbons (Fsp3) is 0.200. The Kier molecular flexibility index (Phi) is 1.33. The Balaban J connectivity index is 2.15. The van der Waals surface area contributed by atoms with Crippen LogP contribution in [-0.4, -0.2) is 12.3 Å². The van der Waals surface area contributed by atoms with Crippen molar-refractivity contribution >= 4 is 5.71 Å². The van der Waals surface area contributed by atoms with E-state index in [9.17, 15) is 0 Å². The van der Waals surface area contributed by atoms with E-state index in [0.717, 1.165) is 17.0 Å². The van der Waals surface area contributed by atoms with E-state index in [1.165, 1.54) is 0 Å². The van der Waals surface area contributed by atoms with Gasteiger partial charge in [-0.2, -0.15) is 0 Å². The Hall–Kier alpha value is -1.51. The lowest BCUT2D eigenvalue weighted by molar-refractivity contribution is 0.197. The van der Waals surface area contributed by atoms with Gasteiger partial charge in [0, 0.05) is 5.56 Å². The molecule has 0 amide bonds. The van der Waals surface area contributed by atoms with Crippen LogP contribution in [0.25, 0.3) is 0 Å². The molecule has 0 N–H and O–H groups in total. The van der Waals surface area contributed by atoms with E-state index < -0.39 is 0 Å². The Bertz CT molecular complexity index is 373. The van der Waals surface area contributed by atoms with Gasteiger partial charge in [-0.1, -0.05) is 17.3 Å². The fourth-order valence-electron chi connectivity index (χ4n) is 1.64. The monoisotopic (exact) mass is 174 g/mol. The van der Waals surface area contributed by atoms with Gasteiger partial charge < -0.3 is 9.57 Å². The van der Waals surface area contributed by atoms with Crippen LogP contribution in [0.3, 0.4) is 0 Å². The van der Waals surface area contributed by atoms with Crippen LogP contribution in [0.5, 0.6) is 5.75 Å². The first-order valence-electron chi connectivity index (χ1n) is 4.24. The summed E-state index contributed by atoms with van der Waals surface area (Å²) in [5, 5.41) is 3.98. The molecule has 1 aromatic carbocycles. The van der Waals surface area contributed by atoms with Gasteiger partial charge in [0.1, 0.15) is 18.1 Å². The third-order valence-corrected chi connectivity index (χ3v) is 2.31. The highest BCUT2D eigenvalue weighted by molar-refractivity contribution is 6.06. The number of nitrogens with zero attached hydrogens (tertiary/aromatic N) is 1. The molecule has 0 bridgehead atoms. The van der Waals surface area contributed by atoms with E-state index in [0.29, 0.717) is 6.61 Å². The Morgan fingerprint density at radius 1 is 1.31 bits per heavy atom. The second kappa shape index (κ2) is 2.49. The summed E-state index contributed by atoms with van der Waals surface area (Å²) in [5.74, 6) is 1.10. The second-order valence-electron chi connectivity index (χ2n) is 3.13. The smallest absolute Gasteiger partial charge is 0.179 e. The zero-order chi connectivity index (χ0) is 8.67. The van der Waals surface area contributed by atoms with E-state index >= 15 is 0 Å². The number of rotatable bonds is 0. The lowest BCUT2D eigenvalue weighted by atomic mass is 9.96. The molecule has 0 aromatic heterocycles. The molecule has 2 heterocycles. The number of fused-ring (bicyclic) bond motifs is 3. The maximum Gasteiger partial charge on any atom is 0.179 e. The van der Waals surface area contributed by atoms with Crippen molar-refractivity contribution in [2.45, 2.75) is 0 Å². The predicted molar refractivity (Wildman–Crippen MR) is 47.3 cm³/mol. The molecule has 3 nitrogen and oxygen atoms in total. The molecular formula is C10H8NO2. The van der Waals surface area contributed by atoms with Crippen LogP contribution in [0.2, 0.25) is 0 Å². The molecule has 0 aliphatic carbocycles. The Labute approximate surface area is 76.0 Å². The largest absolute Gasteiger partial charge is 0.492 e. The van der Waals surface area contributed by atoms with Crippen LogP contribution in [0.4, 0.5) is 0 Å². The van der Waals surface area contributed by atoms with Crippen molar-refractivity contribution in [1.82, 2.24) is 0 Å². The lowest BCUT2D eigenvalue weighted by Gasteiger charge is -2.20. The first kappa shape index (κ1) is 6.95. The number of hydrogen-bond donors (Lipinski definition) is 0. The topological polar surface area (TPSA) is 30.8 Å². The molecule has 65 valence electrons. The van der Waals surface area contributed by atoms with Gasteiger partial charge in [-0.25, -0.2) is 0 Å². The highest BCUT2D eigenvalue weighted by Crippen LogP contribution is 2.31. The zero-order valence-electron chi connectivity index (χ0n) is 6.93. The first-order chi connectivity index (χ1) is 6.45. The van der Waals surface area contributed by atoms with E-state index in [1.807, 2.05) is 24.3 Å². The number of para-hydroxylation sites is 1. The average Bonchev–Trinajstić information content (AvgIpc) is 2.65. The fourth-order valence-corrected chi connectivity index (χ4v) is 1.64. The molecular weight excluding hydrogens is 166 g/mol. The average molecular weight is 174 g/mol. The van der Waals surface area contributed by atoms with Gasteiger partial charge in [0.15, 0.2) is 6.61 Å². The van der Waals surface area contributed by atoms with Gasteiger partial charge in [-0.3, -0.25) is 0 Å². The number of benzene rings is 1. The molecule has 0 saturated heterocycles. The van der Waals surface area contributed by atoms with Crippen LogP contribution in [0, 0.1) is 12.5 Å². The third-order valence-electron chi connectivity index (χ3n) is 2.31. The SMILES string of the molecule is [CH]1ON=C2c3ccccc3OCC12. The van der Waals surface area contributed by atoms with E-state index in [2.05, 4.69) is 5.16 Å². The molecule has 0 fully saturated rings. The van der Waals surface area contributed by atoms with Crippen LogP contribution >= 0.6 is 0 Å². The van der Waals surface area contributed by atoms with Crippen molar-refractivity contribution in [3.05, 3.63) is 36.4 Å². The van der Waals surface area contributed by atoms with Gasteiger partial charge in [-0.05, 0) is 12.1 Å². The maximum absolute atomic E-state index is 5.55. The van der Waals surface area contributed by atoms with Gasteiger partial charge >= 0.3 is 0 Å². The lowest BCUT2D eigenvalue weighted by Crippen LogP contribution is -2.25. The molecule has 0 saturated carbocycles. The summed E-state index contributed by atoms with van der Waals surface area (Å²) in [6, 6.07) is 7.89. The molecule has 1 unspecified atom stereocenters. The highest BCUT2D eigenvalue weighted by Gasteiger charge is 2.32. The van der Waals surface area contributed by atoms with Gasteiger partial charge in [0.25, 0.3) is 0 Å². The van der Waals surface area contributed by atoms with Crippen molar-refractivity contribution < 1.29 is 9.57 Å². The van der Waals surface area contributed by atoms with Crippen LogP contribution in [-0.2, 0) is 4.84 Å². The molecule has 13 heavy (non-hydrogen) atoms. The molecule has 2 aliphatic rings. The Morgan fingerprint density at radius 2 is 2.23 bits per heavy atom. The quantitative estimate of drug-likeness (QED) is 0.598. The van der Waals surface area contributed by atoms with Crippen molar-refractivity contribution in [2.24, 2.45) is 11.1 Å². The maximum atomic E-state index is 5.55. The third kappa shape index (κ3) is 0.932. The second-order valence-corrected chi connectivity index (χ2v) is 3.13. The van der Waals surface area contributed by atoms with Crippen molar-refractivity contribution in [3.63, 3.8) is 0 Å². The standard InChI is InChI=1S/C10H8NO2/c1-2-4-9-8(3-1)10-7(5-12-9)6-13-11-10/h1-4,6-7H,5H2. The minimum Gasteiger partial charge on any atom is -0.492 e. The highest BCUT2D eigenvalue weighted by atomic mass is 16.6. The summed E-state index contributed by atoms with van der Waals surface area (Å²) in [4.78, 5) is 4.93. The van der Waals surface area contributed by atoms with Crippen molar-refractivity contribution in [3.8, 4) is 5.75 Å². The van der Waals surface area contributed by atoms with Crippen molar-refractivity contribution in [1.29, 1.82) is 0 Å². The molecule has 1 radical (unpaired) electrons. The minimum absolute atomic E-state index is 0.204. The molecule has 2 aliphatic heterocycles. The Morgan fingerprint density at radius 3 is 3.23 bits per heavy atom. The van der Waals surface area contributed by atoms with E-state index in [-0.39, 0.29) is 5.92 Å². The summed E-state index contributed by atoms with van der Waals surface area (Å²) in [5.41, 5.74) is 2.04. The van der Waals surface area contributed by atoms with Gasteiger partial charge in [0.05, 0.1) is 5.92 Å². The van der Waals surface area contributed by atoms with Gasteiger partial charge in [-0.15, -0.1) is 0 Å². The summed E-state index contributed by atoms with van der Waals surface area (Å²) in [6.07, 6.45) is 0. The predicted octanol–water partition coefficient (Wildman–Crippen LogP) is 1.59. The molecule has 0 spiro atoms. The molecule has 3 heteroatoms. The van der Waals surface area contributed by atoms with Gasteiger partial charge in [0.2, 0.25) is 0 Å². The molecule has 3 rings (SSSR count). The number of oxime groups is 1. The molecule has 1 aromatic rings. The number of ether oxygens (including phenoxy) is 1. The summed E-state index contributed by atoms with van der Waals surface area (Å²) in [7, 11) is 0.